The number of carbonyl (C=O) groups is 2. The Morgan fingerprint density at radius 2 is 1.82 bits per heavy atom. The van der Waals surface area contributed by atoms with E-state index < -0.39 is 0 Å². The molecule has 2 aromatic carbocycles. The second-order valence-electron chi connectivity index (χ2n) is 6.62. The first kappa shape index (κ1) is 21.2. The molecule has 28 heavy (non-hydrogen) atoms. The molecule has 7 nitrogen and oxygen atoms in total. The average Bonchev–Trinajstić information content (AvgIpc) is 2.66. The lowest BCUT2D eigenvalue weighted by atomic mass is 10.1. The summed E-state index contributed by atoms with van der Waals surface area (Å²) in [5.74, 6) is -0.192. The van der Waals surface area contributed by atoms with E-state index >= 15 is 0 Å². The highest BCUT2D eigenvalue weighted by atomic mass is 16.5. The molecule has 0 aliphatic carbocycles. The number of rotatable bonds is 8. The minimum atomic E-state index is -0.363. The number of benzene rings is 2. The highest BCUT2D eigenvalue weighted by molar-refractivity contribution is 6.04. The third-order valence-corrected chi connectivity index (χ3v) is 4.18. The third kappa shape index (κ3) is 5.99. The number of hydrogen-bond acceptors (Lipinski definition) is 4. The fourth-order valence-electron chi connectivity index (χ4n) is 2.70. The van der Waals surface area contributed by atoms with Crippen molar-refractivity contribution in [2.24, 2.45) is 0 Å². The van der Waals surface area contributed by atoms with Crippen molar-refractivity contribution in [2.75, 3.05) is 49.9 Å². The molecule has 0 saturated heterocycles. The number of urea groups is 1. The predicted molar refractivity (Wildman–Crippen MR) is 113 cm³/mol. The molecule has 0 bridgehead atoms. The average molecular weight is 384 g/mol. The summed E-state index contributed by atoms with van der Waals surface area (Å²) in [6.07, 6.45) is 0.732. The normalized spacial score (nSPS) is 10.3. The first-order chi connectivity index (χ1) is 13.4. The Morgan fingerprint density at radius 1 is 1.07 bits per heavy atom. The van der Waals surface area contributed by atoms with Gasteiger partial charge < -0.3 is 25.6 Å². The second kappa shape index (κ2) is 10.3. The smallest absolute Gasteiger partial charge is 0.323 e. The van der Waals surface area contributed by atoms with Gasteiger partial charge in [-0.15, -0.1) is 0 Å². The number of para-hydroxylation sites is 1. The summed E-state index contributed by atoms with van der Waals surface area (Å²) in [5.41, 5.74) is 3.52. The standard InChI is InChI=1S/C21H28N4O3/c1-15-8-5-6-9-18(15)24-21(27)23-16-10-11-19(25(2)3)17(14-16)20(26)22-12-7-13-28-4/h5-6,8-11,14H,7,12-13H2,1-4H3,(H,22,26)(H2,23,24,27). The number of ether oxygens (including phenoxy) is 1. The van der Waals surface area contributed by atoms with Crippen LogP contribution in [-0.2, 0) is 4.74 Å². The van der Waals surface area contributed by atoms with Crippen molar-refractivity contribution in [2.45, 2.75) is 13.3 Å². The monoisotopic (exact) mass is 384 g/mol. The number of anilines is 3. The largest absolute Gasteiger partial charge is 0.385 e. The van der Waals surface area contributed by atoms with Crippen molar-refractivity contribution < 1.29 is 14.3 Å². The number of amides is 3. The van der Waals surface area contributed by atoms with Gasteiger partial charge in [-0.1, -0.05) is 18.2 Å². The van der Waals surface area contributed by atoms with Gasteiger partial charge in [-0.2, -0.15) is 0 Å². The summed E-state index contributed by atoms with van der Waals surface area (Å²) in [4.78, 5) is 26.8. The molecule has 0 radical (unpaired) electrons. The number of methoxy groups -OCH3 is 1. The maximum atomic E-state index is 12.6. The van der Waals surface area contributed by atoms with Gasteiger partial charge in [-0.25, -0.2) is 4.79 Å². The predicted octanol–water partition coefficient (Wildman–Crippen LogP) is 3.47. The molecule has 0 atom stereocenters. The summed E-state index contributed by atoms with van der Waals surface area (Å²) in [5, 5.41) is 8.49. The van der Waals surface area contributed by atoms with Crippen LogP contribution in [0.2, 0.25) is 0 Å². The van der Waals surface area contributed by atoms with Crippen LogP contribution in [0, 0.1) is 6.92 Å². The lowest BCUT2D eigenvalue weighted by molar-refractivity contribution is 0.0949. The summed E-state index contributed by atoms with van der Waals surface area (Å²) >= 11 is 0. The van der Waals surface area contributed by atoms with E-state index in [4.69, 9.17) is 4.74 Å². The molecule has 0 aromatic heterocycles. The van der Waals surface area contributed by atoms with Gasteiger partial charge in [0.25, 0.3) is 5.91 Å². The summed E-state index contributed by atoms with van der Waals surface area (Å²) in [6.45, 7) is 3.03. The fourth-order valence-corrected chi connectivity index (χ4v) is 2.70. The number of hydrogen-bond donors (Lipinski definition) is 3. The van der Waals surface area contributed by atoms with Crippen LogP contribution in [0.4, 0.5) is 21.9 Å². The molecule has 0 saturated carbocycles. The van der Waals surface area contributed by atoms with Crippen LogP contribution in [-0.4, -0.2) is 46.3 Å². The third-order valence-electron chi connectivity index (χ3n) is 4.18. The highest BCUT2D eigenvalue weighted by Crippen LogP contribution is 2.23. The van der Waals surface area contributed by atoms with Crippen molar-refractivity contribution in [3.63, 3.8) is 0 Å². The van der Waals surface area contributed by atoms with E-state index in [-0.39, 0.29) is 11.9 Å². The van der Waals surface area contributed by atoms with E-state index in [1.54, 1.807) is 19.2 Å². The number of nitrogens with one attached hydrogen (secondary N) is 3. The van der Waals surface area contributed by atoms with E-state index in [0.717, 1.165) is 23.4 Å². The van der Waals surface area contributed by atoms with Crippen LogP contribution in [0.3, 0.4) is 0 Å². The van der Waals surface area contributed by atoms with E-state index in [0.29, 0.717) is 24.4 Å². The van der Waals surface area contributed by atoms with Gasteiger partial charge in [0, 0.05) is 51.4 Å². The number of carbonyl (C=O) groups excluding carboxylic acids is 2. The molecular formula is C21H28N4O3. The maximum absolute atomic E-state index is 12.6. The second-order valence-corrected chi connectivity index (χ2v) is 6.62. The first-order valence-electron chi connectivity index (χ1n) is 9.14. The summed E-state index contributed by atoms with van der Waals surface area (Å²) in [7, 11) is 5.37. The molecule has 3 N–H and O–H groups in total. The Kier molecular flexibility index (Phi) is 7.83. The van der Waals surface area contributed by atoms with Gasteiger partial charge in [0.15, 0.2) is 0 Å². The lowest BCUT2D eigenvalue weighted by Crippen LogP contribution is -2.27. The Labute approximate surface area is 166 Å². The van der Waals surface area contributed by atoms with Crippen molar-refractivity contribution in [3.05, 3.63) is 53.6 Å². The Balaban J connectivity index is 2.11. The Hall–Kier alpha value is -3.06. The Morgan fingerprint density at radius 3 is 2.50 bits per heavy atom. The van der Waals surface area contributed by atoms with Gasteiger partial charge in [0.1, 0.15) is 0 Å². The van der Waals surface area contributed by atoms with Crippen LogP contribution in [0.5, 0.6) is 0 Å². The minimum Gasteiger partial charge on any atom is -0.385 e. The van der Waals surface area contributed by atoms with Gasteiger partial charge in [-0.05, 0) is 43.2 Å². The zero-order valence-corrected chi connectivity index (χ0v) is 16.8. The molecule has 0 fully saturated rings. The van der Waals surface area contributed by atoms with Gasteiger partial charge in [0.05, 0.1) is 5.56 Å². The van der Waals surface area contributed by atoms with Gasteiger partial charge >= 0.3 is 6.03 Å². The van der Waals surface area contributed by atoms with Gasteiger partial charge in [-0.3, -0.25) is 4.79 Å². The lowest BCUT2D eigenvalue weighted by Gasteiger charge is -2.19. The molecule has 7 heteroatoms. The van der Waals surface area contributed by atoms with Crippen LogP contribution in [0.15, 0.2) is 42.5 Å². The first-order valence-corrected chi connectivity index (χ1v) is 9.14. The summed E-state index contributed by atoms with van der Waals surface area (Å²) in [6, 6.07) is 12.4. The molecule has 0 spiro atoms. The molecule has 150 valence electrons. The maximum Gasteiger partial charge on any atom is 0.323 e. The molecule has 0 heterocycles. The van der Waals surface area contributed by atoms with Crippen LogP contribution < -0.4 is 20.9 Å². The summed E-state index contributed by atoms with van der Waals surface area (Å²) < 4.78 is 5.00. The van der Waals surface area contributed by atoms with Crippen molar-refractivity contribution >= 4 is 29.0 Å². The zero-order chi connectivity index (χ0) is 20.5. The zero-order valence-electron chi connectivity index (χ0n) is 16.8. The van der Waals surface area contributed by atoms with Crippen LogP contribution >= 0.6 is 0 Å². The molecule has 2 rings (SSSR count). The van der Waals surface area contributed by atoms with Gasteiger partial charge in [0.2, 0.25) is 0 Å². The quantitative estimate of drug-likeness (QED) is 0.609. The number of aryl methyl sites for hydroxylation is 1. The van der Waals surface area contributed by atoms with E-state index in [2.05, 4.69) is 16.0 Å². The Bertz CT molecular complexity index is 821. The fraction of sp³-hybridized carbons (Fsp3) is 0.333. The minimum absolute atomic E-state index is 0.192. The molecule has 0 unspecified atom stereocenters. The molecule has 3 amide bonds. The van der Waals surface area contributed by atoms with E-state index in [1.807, 2.05) is 56.3 Å². The number of nitrogens with zero attached hydrogens (tertiary/aromatic N) is 1. The van der Waals surface area contributed by atoms with Crippen molar-refractivity contribution in [1.82, 2.24) is 5.32 Å². The molecular weight excluding hydrogens is 356 g/mol. The van der Waals surface area contributed by atoms with E-state index in [1.165, 1.54) is 0 Å². The molecule has 2 aromatic rings. The van der Waals surface area contributed by atoms with Crippen LogP contribution in [0.25, 0.3) is 0 Å². The highest BCUT2D eigenvalue weighted by Gasteiger charge is 2.15. The van der Waals surface area contributed by atoms with Crippen molar-refractivity contribution in [3.8, 4) is 0 Å². The SMILES string of the molecule is COCCCNC(=O)c1cc(NC(=O)Nc2ccccc2C)ccc1N(C)C. The topological polar surface area (TPSA) is 82.7 Å². The molecule has 0 aliphatic rings. The van der Waals surface area contributed by atoms with Crippen LogP contribution in [0.1, 0.15) is 22.3 Å². The van der Waals surface area contributed by atoms with E-state index in [9.17, 15) is 9.59 Å². The van der Waals surface area contributed by atoms with Crippen molar-refractivity contribution in [1.29, 1.82) is 0 Å². The molecule has 0 aliphatic heterocycles.